The Balaban J connectivity index is 1.50. The van der Waals surface area contributed by atoms with E-state index in [9.17, 15) is 0 Å². The second-order valence-electron chi connectivity index (χ2n) is 14.2. The summed E-state index contributed by atoms with van der Waals surface area (Å²) in [5.74, 6) is 0.453. The van der Waals surface area contributed by atoms with Gasteiger partial charge in [-0.05, 0) is 114 Å². The van der Waals surface area contributed by atoms with Crippen LogP contribution in [0.1, 0.15) is 83.2 Å². The fraction of sp³-hybridized carbons (Fsp3) is 0.349. The molecule has 1 nitrogen and oxygen atoms in total. The molecule has 5 rings (SSSR count). The first-order valence-corrected chi connectivity index (χ1v) is 16.5. The van der Waals surface area contributed by atoms with Crippen molar-refractivity contribution in [2.75, 3.05) is 4.90 Å². The monoisotopic (exact) mass is 581 g/mol. The Morgan fingerprint density at radius 3 is 1.64 bits per heavy atom. The third kappa shape index (κ3) is 6.07. The molecule has 228 valence electrons. The molecule has 0 saturated heterocycles. The first-order valence-electron chi connectivity index (χ1n) is 16.5. The van der Waals surface area contributed by atoms with Gasteiger partial charge in [-0.3, -0.25) is 0 Å². The average molecular weight is 582 g/mol. The topological polar surface area (TPSA) is 3.24 Å². The number of nitrogens with zero attached hydrogens (tertiary/aromatic N) is 1. The zero-order valence-corrected chi connectivity index (χ0v) is 28.7. The molecule has 0 fully saturated rings. The summed E-state index contributed by atoms with van der Waals surface area (Å²) in [6.07, 6.45) is 7.01. The molecule has 4 aromatic carbocycles. The Morgan fingerprint density at radius 1 is 0.682 bits per heavy atom. The minimum Gasteiger partial charge on any atom is -0.310 e. The van der Waals surface area contributed by atoms with Gasteiger partial charge in [-0.15, -0.1) is 0 Å². The lowest BCUT2D eigenvalue weighted by Crippen LogP contribution is -2.33. The van der Waals surface area contributed by atoms with Crippen LogP contribution in [0, 0.1) is 25.2 Å². The van der Waals surface area contributed by atoms with Crippen molar-refractivity contribution >= 4 is 17.1 Å². The highest BCUT2D eigenvalue weighted by atomic mass is 15.1. The van der Waals surface area contributed by atoms with Gasteiger partial charge in [0.05, 0.1) is 5.69 Å². The lowest BCUT2D eigenvalue weighted by Gasteiger charge is -2.40. The molecule has 0 heterocycles. The number of aryl methyl sites for hydroxylation is 4. The smallest absolute Gasteiger partial charge is 0.0520 e. The molecule has 0 bridgehead atoms. The molecule has 0 amide bonds. The molecule has 2 unspecified atom stereocenters. The maximum atomic E-state index is 2.52. The Labute approximate surface area is 267 Å². The first kappa shape index (κ1) is 31.6. The van der Waals surface area contributed by atoms with Crippen molar-refractivity contribution < 1.29 is 0 Å². The standard InChI is InChI=1S/C43H51N/c1-11-33-13-21-39(22-14-33)44(41-30(4)25-34(12-2)26-31(41)5)40-23-17-36(18-24-40)35-15-19-37(20-16-35)43(10)28-38(42(7,8)9)27-29(3)32(43)6/h13-28,32H,11-12H2,1-10H3. The SMILES string of the molecule is CCc1ccc(N(c2ccc(-c3ccc(C4(C)C=C(C(C)(C)C)C=C(C)C4C)cc3)cc2)c2c(C)cc(CC)cc2C)cc1. The summed E-state index contributed by atoms with van der Waals surface area (Å²) < 4.78 is 0. The number of anilines is 3. The van der Waals surface area contributed by atoms with Gasteiger partial charge in [0.2, 0.25) is 0 Å². The molecular formula is C43H51N. The van der Waals surface area contributed by atoms with E-state index in [2.05, 4.69) is 171 Å². The molecule has 0 aliphatic heterocycles. The van der Waals surface area contributed by atoms with Crippen molar-refractivity contribution in [3.05, 3.63) is 136 Å². The van der Waals surface area contributed by atoms with Crippen LogP contribution >= 0.6 is 0 Å². The van der Waals surface area contributed by atoms with E-state index in [0.29, 0.717) is 5.92 Å². The van der Waals surface area contributed by atoms with Gasteiger partial charge in [0.1, 0.15) is 0 Å². The first-order chi connectivity index (χ1) is 20.8. The normalized spacial score (nSPS) is 18.5. The predicted molar refractivity (Wildman–Crippen MR) is 193 cm³/mol. The van der Waals surface area contributed by atoms with Gasteiger partial charge in [-0.1, -0.05) is 127 Å². The van der Waals surface area contributed by atoms with Crippen molar-refractivity contribution in [1.29, 1.82) is 0 Å². The Bertz CT molecular complexity index is 1650. The predicted octanol–water partition coefficient (Wildman–Crippen LogP) is 12.4. The third-order valence-corrected chi connectivity index (χ3v) is 10.0. The highest BCUT2D eigenvalue weighted by Gasteiger charge is 2.36. The Morgan fingerprint density at radius 2 is 1.16 bits per heavy atom. The number of hydrogen-bond donors (Lipinski definition) is 0. The Kier molecular flexibility index (Phi) is 8.81. The number of allylic oxidation sites excluding steroid dienone is 4. The van der Waals surface area contributed by atoms with E-state index in [0.717, 1.165) is 12.8 Å². The van der Waals surface area contributed by atoms with E-state index in [1.807, 2.05) is 0 Å². The number of rotatable bonds is 7. The molecule has 1 heteroatoms. The molecule has 0 aromatic heterocycles. The van der Waals surface area contributed by atoms with Gasteiger partial charge >= 0.3 is 0 Å². The van der Waals surface area contributed by atoms with Crippen LogP contribution < -0.4 is 4.90 Å². The minimum atomic E-state index is -0.0271. The zero-order chi connectivity index (χ0) is 31.8. The summed E-state index contributed by atoms with van der Waals surface area (Å²) in [7, 11) is 0. The maximum Gasteiger partial charge on any atom is 0.0520 e. The molecule has 2 atom stereocenters. The molecule has 0 saturated carbocycles. The fourth-order valence-corrected chi connectivity index (χ4v) is 6.81. The second-order valence-corrected chi connectivity index (χ2v) is 14.2. The van der Waals surface area contributed by atoms with Crippen LogP contribution in [0.2, 0.25) is 0 Å². The minimum absolute atomic E-state index is 0.0271. The van der Waals surface area contributed by atoms with E-state index < -0.39 is 0 Å². The number of benzene rings is 4. The van der Waals surface area contributed by atoms with Crippen molar-refractivity contribution in [3.63, 3.8) is 0 Å². The molecule has 1 aliphatic rings. The molecular weight excluding hydrogens is 530 g/mol. The summed E-state index contributed by atoms with van der Waals surface area (Å²) in [6.45, 7) is 22.9. The van der Waals surface area contributed by atoms with Crippen LogP contribution in [0.5, 0.6) is 0 Å². The van der Waals surface area contributed by atoms with Gasteiger partial charge in [0.25, 0.3) is 0 Å². The molecule has 4 aromatic rings. The lowest BCUT2D eigenvalue weighted by atomic mass is 9.63. The molecule has 1 aliphatic carbocycles. The molecule has 44 heavy (non-hydrogen) atoms. The van der Waals surface area contributed by atoms with Crippen LogP contribution in [0.3, 0.4) is 0 Å². The average Bonchev–Trinajstić information content (AvgIpc) is 3.01. The lowest BCUT2D eigenvalue weighted by molar-refractivity contribution is 0.410. The van der Waals surface area contributed by atoms with Crippen LogP contribution in [0.15, 0.2) is 108 Å². The van der Waals surface area contributed by atoms with Crippen molar-refractivity contribution in [2.45, 2.75) is 87.5 Å². The summed E-state index contributed by atoms with van der Waals surface area (Å²) >= 11 is 0. The quantitative estimate of drug-likeness (QED) is 0.210. The molecule has 0 spiro atoms. The fourth-order valence-electron chi connectivity index (χ4n) is 6.81. The zero-order valence-electron chi connectivity index (χ0n) is 28.7. The van der Waals surface area contributed by atoms with Gasteiger partial charge in [-0.2, -0.15) is 0 Å². The summed E-state index contributed by atoms with van der Waals surface area (Å²) in [6, 6.07) is 32.1. The van der Waals surface area contributed by atoms with Crippen molar-refractivity contribution in [1.82, 2.24) is 0 Å². The summed E-state index contributed by atoms with van der Waals surface area (Å²) in [5.41, 5.74) is 15.8. The van der Waals surface area contributed by atoms with Crippen LogP contribution in [-0.4, -0.2) is 0 Å². The van der Waals surface area contributed by atoms with E-state index in [1.54, 1.807) is 0 Å². The summed E-state index contributed by atoms with van der Waals surface area (Å²) in [4.78, 5) is 2.43. The van der Waals surface area contributed by atoms with Gasteiger partial charge in [0.15, 0.2) is 0 Å². The second kappa shape index (κ2) is 12.3. The van der Waals surface area contributed by atoms with Crippen molar-refractivity contribution in [3.8, 4) is 11.1 Å². The Hall–Kier alpha value is -3.84. The molecule has 0 radical (unpaired) electrons. The van der Waals surface area contributed by atoms with Crippen molar-refractivity contribution in [2.24, 2.45) is 11.3 Å². The van der Waals surface area contributed by atoms with E-state index in [-0.39, 0.29) is 10.8 Å². The summed E-state index contributed by atoms with van der Waals surface area (Å²) in [5, 5.41) is 0. The van der Waals surface area contributed by atoms with Crippen LogP contribution in [-0.2, 0) is 18.3 Å². The number of hydrogen-bond acceptors (Lipinski definition) is 1. The highest BCUT2D eigenvalue weighted by molar-refractivity contribution is 5.82. The van der Waals surface area contributed by atoms with E-state index in [4.69, 9.17) is 0 Å². The van der Waals surface area contributed by atoms with E-state index >= 15 is 0 Å². The third-order valence-electron chi connectivity index (χ3n) is 10.0. The maximum absolute atomic E-state index is 2.52. The molecule has 0 N–H and O–H groups in total. The van der Waals surface area contributed by atoms with Crippen LogP contribution in [0.4, 0.5) is 17.1 Å². The van der Waals surface area contributed by atoms with Crippen LogP contribution in [0.25, 0.3) is 11.1 Å². The van der Waals surface area contributed by atoms with Gasteiger partial charge in [-0.25, -0.2) is 0 Å². The highest BCUT2D eigenvalue weighted by Crippen LogP contribution is 2.46. The van der Waals surface area contributed by atoms with Gasteiger partial charge in [0, 0.05) is 16.8 Å². The van der Waals surface area contributed by atoms with Gasteiger partial charge < -0.3 is 4.90 Å². The largest absolute Gasteiger partial charge is 0.310 e. The van der Waals surface area contributed by atoms with E-state index in [1.165, 1.54) is 67.2 Å².